The third-order valence-electron chi connectivity index (χ3n) is 5.53. The van der Waals surface area contributed by atoms with Crippen molar-refractivity contribution in [1.29, 1.82) is 0 Å². The van der Waals surface area contributed by atoms with Gasteiger partial charge in [-0.2, -0.15) is 4.31 Å². The van der Waals surface area contributed by atoms with Gasteiger partial charge in [0.1, 0.15) is 17.0 Å². The van der Waals surface area contributed by atoms with Crippen LogP contribution >= 0.6 is 0 Å². The predicted molar refractivity (Wildman–Crippen MR) is 109 cm³/mol. The van der Waals surface area contributed by atoms with Crippen LogP contribution in [0.25, 0.3) is 0 Å². The first-order valence-electron chi connectivity index (χ1n) is 9.70. The number of aryl methyl sites for hydroxylation is 1. The normalized spacial score (nSPS) is 22.6. The molecule has 1 aromatic carbocycles. The van der Waals surface area contributed by atoms with Crippen molar-refractivity contribution in [2.75, 3.05) is 25.9 Å². The van der Waals surface area contributed by atoms with E-state index >= 15 is 0 Å². The molecular formula is C21H25N3O4S. The minimum atomic E-state index is -3.43. The van der Waals surface area contributed by atoms with Gasteiger partial charge >= 0.3 is 0 Å². The number of hydrogen-bond donors (Lipinski definition) is 0. The number of carbonyl (C=O) groups excluding carboxylic acids is 1. The maximum absolute atomic E-state index is 13.0. The molecule has 0 aliphatic carbocycles. The van der Waals surface area contributed by atoms with Crippen molar-refractivity contribution in [3.63, 3.8) is 0 Å². The summed E-state index contributed by atoms with van der Waals surface area (Å²) in [5.41, 5.74) is 1.49. The number of pyridine rings is 1. The van der Waals surface area contributed by atoms with Crippen LogP contribution in [0.3, 0.4) is 0 Å². The average Bonchev–Trinajstić information content (AvgIpc) is 2.84. The number of amides is 1. The molecule has 1 unspecified atom stereocenters. The van der Waals surface area contributed by atoms with Crippen LogP contribution in [-0.2, 0) is 16.6 Å². The van der Waals surface area contributed by atoms with Crippen molar-refractivity contribution in [3.05, 3.63) is 59.4 Å². The number of rotatable bonds is 2. The molecule has 29 heavy (non-hydrogen) atoms. The van der Waals surface area contributed by atoms with Gasteiger partial charge in [0, 0.05) is 24.8 Å². The molecule has 8 heteroatoms. The average molecular weight is 416 g/mol. The van der Waals surface area contributed by atoms with Crippen molar-refractivity contribution < 1.29 is 17.9 Å². The summed E-state index contributed by atoms with van der Waals surface area (Å²) in [5.74, 6) is 0.529. The smallest absolute Gasteiger partial charge is 0.272 e. The Morgan fingerprint density at radius 3 is 2.76 bits per heavy atom. The first-order chi connectivity index (χ1) is 13.8. The van der Waals surface area contributed by atoms with Crippen molar-refractivity contribution in [3.8, 4) is 5.75 Å². The molecule has 7 nitrogen and oxygen atoms in total. The fourth-order valence-corrected chi connectivity index (χ4v) is 4.98. The zero-order valence-electron chi connectivity index (χ0n) is 16.7. The molecule has 1 atom stereocenters. The zero-order valence-corrected chi connectivity index (χ0v) is 17.5. The Labute approximate surface area is 171 Å². The van der Waals surface area contributed by atoms with E-state index in [1.165, 1.54) is 10.6 Å². The number of hydrogen-bond acceptors (Lipinski definition) is 5. The quantitative estimate of drug-likeness (QED) is 0.751. The highest BCUT2D eigenvalue weighted by Gasteiger charge is 2.44. The standard InChI is InChI=1S/C21H25N3O4S/c1-16-7-8-19-17(12-16)13-24(29(2,26)27)15-21(28-19)9-5-11-23(14-21)20(25)18-6-3-4-10-22-18/h3-4,6-8,10,12H,5,9,11,13-15H2,1-2H3. The first-order valence-corrected chi connectivity index (χ1v) is 11.5. The van der Waals surface area contributed by atoms with Crippen molar-refractivity contribution in [2.24, 2.45) is 0 Å². The summed E-state index contributed by atoms with van der Waals surface area (Å²) in [4.78, 5) is 18.9. The van der Waals surface area contributed by atoms with Gasteiger partial charge in [-0.15, -0.1) is 0 Å². The number of piperidine rings is 1. The Morgan fingerprint density at radius 1 is 1.21 bits per heavy atom. The van der Waals surface area contributed by atoms with Crippen molar-refractivity contribution >= 4 is 15.9 Å². The number of fused-ring (bicyclic) bond motifs is 1. The van der Waals surface area contributed by atoms with Crippen LogP contribution < -0.4 is 4.74 Å². The van der Waals surface area contributed by atoms with Gasteiger partial charge in [0.2, 0.25) is 10.0 Å². The van der Waals surface area contributed by atoms with Gasteiger partial charge < -0.3 is 9.64 Å². The van der Waals surface area contributed by atoms with Gasteiger partial charge in [-0.25, -0.2) is 8.42 Å². The summed E-state index contributed by atoms with van der Waals surface area (Å²) in [7, 11) is -3.43. The van der Waals surface area contributed by atoms with Gasteiger partial charge in [-0.3, -0.25) is 9.78 Å². The largest absolute Gasteiger partial charge is 0.484 e. The molecule has 0 saturated carbocycles. The Morgan fingerprint density at radius 2 is 2.03 bits per heavy atom. The maximum atomic E-state index is 13.0. The highest BCUT2D eigenvalue weighted by Crippen LogP contribution is 2.36. The summed E-state index contributed by atoms with van der Waals surface area (Å²) in [6, 6.07) is 11.1. The fraction of sp³-hybridized carbons (Fsp3) is 0.429. The van der Waals surface area contributed by atoms with Gasteiger partial charge in [-0.05, 0) is 38.0 Å². The zero-order chi connectivity index (χ0) is 20.6. The molecule has 0 N–H and O–H groups in total. The Kier molecular flexibility index (Phi) is 5.08. The van der Waals surface area contributed by atoms with Crippen LogP contribution in [0.15, 0.2) is 42.6 Å². The third-order valence-corrected chi connectivity index (χ3v) is 6.73. The number of aromatic nitrogens is 1. The molecule has 1 amide bonds. The lowest BCUT2D eigenvalue weighted by molar-refractivity contribution is -0.0108. The highest BCUT2D eigenvalue weighted by molar-refractivity contribution is 7.88. The molecule has 1 saturated heterocycles. The van der Waals surface area contributed by atoms with Gasteiger partial charge in [0.25, 0.3) is 5.91 Å². The predicted octanol–water partition coefficient (Wildman–Crippen LogP) is 2.22. The van der Waals surface area contributed by atoms with Gasteiger partial charge in [0.05, 0.1) is 19.3 Å². The van der Waals surface area contributed by atoms with E-state index < -0.39 is 15.6 Å². The molecule has 1 aromatic heterocycles. The molecule has 2 aliphatic rings. The van der Waals surface area contributed by atoms with E-state index in [1.807, 2.05) is 25.1 Å². The Balaban J connectivity index is 1.69. The molecule has 0 bridgehead atoms. The molecule has 4 rings (SSSR count). The number of sulfonamides is 1. The molecule has 2 aromatic rings. The summed E-state index contributed by atoms with van der Waals surface area (Å²) in [6.07, 6.45) is 4.23. The number of nitrogens with zero attached hydrogens (tertiary/aromatic N) is 3. The van der Waals surface area contributed by atoms with E-state index in [9.17, 15) is 13.2 Å². The molecule has 0 radical (unpaired) electrons. The molecule has 154 valence electrons. The van der Waals surface area contributed by atoms with Gasteiger partial charge in [-0.1, -0.05) is 23.8 Å². The number of likely N-dealkylation sites (tertiary alicyclic amines) is 1. The second-order valence-electron chi connectivity index (χ2n) is 7.97. The number of ether oxygens (including phenoxy) is 1. The Hall–Kier alpha value is -2.45. The summed E-state index contributed by atoms with van der Waals surface area (Å²) in [5, 5.41) is 0. The monoisotopic (exact) mass is 415 g/mol. The lowest BCUT2D eigenvalue weighted by Crippen LogP contribution is -2.58. The second kappa shape index (κ2) is 7.42. The third kappa shape index (κ3) is 4.13. The minimum Gasteiger partial charge on any atom is -0.484 e. The van der Waals surface area contributed by atoms with Crippen LogP contribution in [-0.4, -0.2) is 60.0 Å². The number of benzene rings is 1. The number of carbonyl (C=O) groups is 1. The van der Waals surface area contributed by atoms with E-state index in [-0.39, 0.29) is 19.0 Å². The van der Waals surface area contributed by atoms with E-state index in [0.29, 0.717) is 31.0 Å². The Bertz CT molecular complexity index is 1030. The lowest BCUT2D eigenvalue weighted by atomic mass is 9.92. The van der Waals surface area contributed by atoms with Crippen molar-refractivity contribution in [1.82, 2.24) is 14.2 Å². The van der Waals surface area contributed by atoms with E-state index in [4.69, 9.17) is 4.74 Å². The van der Waals surface area contributed by atoms with Crippen LogP contribution in [0.4, 0.5) is 0 Å². The van der Waals surface area contributed by atoms with E-state index in [2.05, 4.69) is 4.98 Å². The van der Waals surface area contributed by atoms with E-state index in [1.54, 1.807) is 29.3 Å². The SMILES string of the molecule is Cc1ccc2c(c1)CN(S(C)(=O)=O)CC1(CCCN(C(=O)c3ccccn3)C1)O2. The summed E-state index contributed by atoms with van der Waals surface area (Å²) >= 11 is 0. The minimum absolute atomic E-state index is 0.160. The topological polar surface area (TPSA) is 79.8 Å². The highest BCUT2D eigenvalue weighted by atomic mass is 32.2. The van der Waals surface area contributed by atoms with Crippen LogP contribution in [0.1, 0.15) is 34.5 Å². The summed E-state index contributed by atoms with van der Waals surface area (Å²) < 4.78 is 32.9. The molecule has 3 heterocycles. The molecular weight excluding hydrogens is 390 g/mol. The van der Waals surface area contributed by atoms with Gasteiger partial charge in [0.15, 0.2) is 0 Å². The maximum Gasteiger partial charge on any atom is 0.272 e. The van der Waals surface area contributed by atoms with Crippen LogP contribution in [0, 0.1) is 6.92 Å². The second-order valence-corrected chi connectivity index (χ2v) is 9.95. The van der Waals surface area contributed by atoms with E-state index in [0.717, 1.165) is 17.5 Å². The molecule has 2 aliphatic heterocycles. The first kappa shape index (κ1) is 19.8. The molecule has 1 fully saturated rings. The fourth-order valence-electron chi connectivity index (χ4n) is 4.13. The lowest BCUT2D eigenvalue weighted by Gasteiger charge is -2.43. The summed E-state index contributed by atoms with van der Waals surface area (Å²) in [6.45, 7) is 3.37. The van der Waals surface area contributed by atoms with Crippen LogP contribution in [0.2, 0.25) is 0 Å². The van der Waals surface area contributed by atoms with Crippen LogP contribution in [0.5, 0.6) is 5.75 Å². The molecule has 1 spiro atoms. The van der Waals surface area contributed by atoms with Crippen molar-refractivity contribution in [2.45, 2.75) is 31.9 Å².